The molecule has 0 saturated carbocycles. The number of rotatable bonds is 2. The topological polar surface area (TPSA) is 45.6 Å². The van der Waals surface area contributed by atoms with Gasteiger partial charge in [0.15, 0.2) is 0 Å². The van der Waals surface area contributed by atoms with Crippen LogP contribution in [0.5, 0.6) is 0 Å². The van der Waals surface area contributed by atoms with Crippen LogP contribution in [-0.2, 0) is 7.05 Å². The molecule has 0 aromatic carbocycles. The summed E-state index contributed by atoms with van der Waals surface area (Å²) in [4.78, 5) is 3.27. The summed E-state index contributed by atoms with van der Waals surface area (Å²) >= 11 is 0. The molecule has 17 heavy (non-hydrogen) atoms. The molecule has 1 unspecified atom stereocenters. The lowest BCUT2D eigenvalue weighted by molar-refractivity contribution is 0.442. The maximum atomic E-state index is 4.42. The van der Waals surface area contributed by atoms with Gasteiger partial charge in [-0.2, -0.15) is 5.10 Å². The van der Waals surface area contributed by atoms with Crippen molar-refractivity contribution in [3.63, 3.8) is 0 Å². The normalized spacial score (nSPS) is 20.6. The Morgan fingerprint density at radius 2 is 2.41 bits per heavy atom. The average Bonchev–Trinajstić information content (AvgIpc) is 2.98. The summed E-state index contributed by atoms with van der Waals surface area (Å²) in [5.74, 6) is 0.578. The van der Waals surface area contributed by atoms with Gasteiger partial charge in [-0.05, 0) is 31.5 Å². The van der Waals surface area contributed by atoms with Gasteiger partial charge in [-0.1, -0.05) is 0 Å². The quantitative estimate of drug-likeness (QED) is 0.827. The lowest BCUT2D eigenvalue weighted by atomic mass is 9.93. The summed E-state index contributed by atoms with van der Waals surface area (Å²) in [5, 5.41) is 7.89. The summed E-state index contributed by atoms with van der Waals surface area (Å²) in [6.45, 7) is 2.21. The summed E-state index contributed by atoms with van der Waals surface area (Å²) < 4.78 is 2.02. The zero-order chi connectivity index (χ0) is 11.7. The fraction of sp³-hybridized carbons (Fsp3) is 0.462. The van der Waals surface area contributed by atoms with E-state index in [0.29, 0.717) is 5.92 Å². The van der Waals surface area contributed by atoms with Crippen molar-refractivity contribution >= 4 is 0 Å². The molecule has 3 rings (SSSR count). The van der Waals surface area contributed by atoms with Gasteiger partial charge in [0.1, 0.15) is 0 Å². The molecule has 2 aromatic heterocycles. The van der Waals surface area contributed by atoms with E-state index in [9.17, 15) is 0 Å². The summed E-state index contributed by atoms with van der Waals surface area (Å²) in [6, 6.07) is 4.14. The zero-order valence-electron chi connectivity index (χ0n) is 10.1. The first-order chi connectivity index (χ1) is 8.36. The van der Waals surface area contributed by atoms with Gasteiger partial charge in [-0.15, -0.1) is 0 Å². The highest BCUT2D eigenvalue weighted by molar-refractivity contribution is 5.62. The molecule has 0 spiro atoms. The van der Waals surface area contributed by atoms with E-state index < -0.39 is 0 Å². The highest BCUT2D eigenvalue weighted by atomic mass is 15.3. The molecule has 90 valence electrons. The molecule has 1 saturated heterocycles. The molecule has 0 radical (unpaired) electrons. The van der Waals surface area contributed by atoms with Crippen LogP contribution in [0, 0.1) is 0 Å². The molecule has 1 atom stereocenters. The van der Waals surface area contributed by atoms with Crippen molar-refractivity contribution in [2.24, 2.45) is 7.05 Å². The number of piperidine rings is 1. The number of aryl methyl sites for hydroxylation is 1. The third-order valence-electron chi connectivity index (χ3n) is 3.56. The third-order valence-corrected chi connectivity index (χ3v) is 3.56. The zero-order valence-corrected chi connectivity index (χ0v) is 10.1. The van der Waals surface area contributed by atoms with Crippen LogP contribution in [0.25, 0.3) is 11.3 Å². The predicted octanol–water partition coefficient (Wildman–Crippen LogP) is 1.88. The molecule has 1 fully saturated rings. The van der Waals surface area contributed by atoms with E-state index in [4.69, 9.17) is 0 Å². The van der Waals surface area contributed by atoms with Crippen molar-refractivity contribution in [1.82, 2.24) is 20.1 Å². The minimum atomic E-state index is 0.578. The van der Waals surface area contributed by atoms with Gasteiger partial charge in [0.05, 0.1) is 11.9 Å². The minimum absolute atomic E-state index is 0.578. The number of aromatic amines is 1. The van der Waals surface area contributed by atoms with E-state index in [1.54, 1.807) is 0 Å². The van der Waals surface area contributed by atoms with Gasteiger partial charge in [0.25, 0.3) is 0 Å². The first-order valence-electron chi connectivity index (χ1n) is 6.22. The lowest BCUT2D eigenvalue weighted by Gasteiger charge is -2.24. The van der Waals surface area contributed by atoms with Crippen molar-refractivity contribution in [3.8, 4) is 11.3 Å². The highest BCUT2D eigenvalue weighted by Crippen LogP contribution is 2.31. The fourth-order valence-corrected chi connectivity index (χ4v) is 2.72. The number of aromatic nitrogens is 3. The number of H-pyrrole nitrogens is 1. The van der Waals surface area contributed by atoms with Gasteiger partial charge in [-0.3, -0.25) is 4.68 Å². The van der Waals surface area contributed by atoms with Crippen LogP contribution in [0.2, 0.25) is 0 Å². The van der Waals surface area contributed by atoms with Gasteiger partial charge in [0.2, 0.25) is 0 Å². The molecule has 0 bridgehead atoms. The van der Waals surface area contributed by atoms with Crippen LogP contribution in [0.3, 0.4) is 0 Å². The maximum absolute atomic E-state index is 4.42. The van der Waals surface area contributed by atoms with Crippen LogP contribution in [-0.4, -0.2) is 27.9 Å². The molecular formula is C13H18N4. The molecule has 4 nitrogen and oxygen atoms in total. The van der Waals surface area contributed by atoms with Gasteiger partial charge >= 0.3 is 0 Å². The molecule has 2 aromatic rings. The Balaban J connectivity index is 2.00. The van der Waals surface area contributed by atoms with Crippen LogP contribution in [0.15, 0.2) is 24.5 Å². The second kappa shape index (κ2) is 4.37. The standard InChI is InChI=1S/C13H18N4/c1-17-13(10-4-2-6-14-8-10)11(9-16-17)12-5-3-7-15-12/h3,5,7,9-10,14-15H,2,4,6,8H2,1H3. The molecule has 0 amide bonds. The second-order valence-corrected chi connectivity index (χ2v) is 4.69. The SMILES string of the molecule is Cn1ncc(-c2ccc[nH]2)c1C1CCCNC1. The van der Waals surface area contributed by atoms with Crippen LogP contribution in [0.4, 0.5) is 0 Å². The van der Waals surface area contributed by atoms with Crippen molar-refractivity contribution in [1.29, 1.82) is 0 Å². The van der Waals surface area contributed by atoms with Gasteiger partial charge < -0.3 is 10.3 Å². The molecule has 1 aliphatic heterocycles. The van der Waals surface area contributed by atoms with Gasteiger partial charge in [-0.25, -0.2) is 0 Å². The summed E-state index contributed by atoms with van der Waals surface area (Å²) in [6.07, 6.45) is 6.43. The van der Waals surface area contributed by atoms with E-state index in [1.807, 2.05) is 30.2 Å². The number of nitrogens with one attached hydrogen (secondary N) is 2. The lowest BCUT2D eigenvalue weighted by Crippen LogP contribution is -2.29. The second-order valence-electron chi connectivity index (χ2n) is 4.69. The Morgan fingerprint density at radius 3 is 3.12 bits per heavy atom. The van der Waals surface area contributed by atoms with Gasteiger partial charge in [0, 0.05) is 37.0 Å². The Labute approximate surface area is 101 Å². The Hall–Kier alpha value is -1.55. The predicted molar refractivity (Wildman–Crippen MR) is 67.8 cm³/mol. The Morgan fingerprint density at radius 1 is 1.47 bits per heavy atom. The fourth-order valence-electron chi connectivity index (χ4n) is 2.72. The molecule has 4 heteroatoms. The number of nitrogens with zero attached hydrogens (tertiary/aromatic N) is 2. The molecular weight excluding hydrogens is 212 g/mol. The summed E-state index contributed by atoms with van der Waals surface area (Å²) in [7, 11) is 2.04. The Kier molecular flexibility index (Phi) is 2.73. The van der Waals surface area contributed by atoms with Crippen LogP contribution >= 0.6 is 0 Å². The molecule has 3 heterocycles. The average molecular weight is 230 g/mol. The van der Waals surface area contributed by atoms with Crippen LogP contribution < -0.4 is 5.32 Å². The van der Waals surface area contributed by atoms with Crippen molar-refractivity contribution in [2.75, 3.05) is 13.1 Å². The van der Waals surface area contributed by atoms with Crippen molar-refractivity contribution in [2.45, 2.75) is 18.8 Å². The summed E-state index contributed by atoms with van der Waals surface area (Å²) in [5.41, 5.74) is 3.75. The van der Waals surface area contributed by atoms with E-state index >= 15 is 0 Å². The largest absolute Gasteiger partial charge is 0.361 e. The van der Waals surface area contributed by atoms with E-state index in [-0.39, 0.29) is 0 Å². The number of hydrogen-bond acceptors (Lipinski definition) is 2. The first-order valence-corrected chi connectivity index (χ1v) is 6.22. The highest BCUT2D eigenvalue weighted by Gasteiger charge is 2.22. The van der Waals surface area contributed by atoms with Crippen molar-refractivity contribution in [3.05, 3.63) is 30.2 Å². The smallest absolute Gasteiger partial charge is 0.0586 e. The maximum Gasteiger partial charge on any atom is 0.0586 e. The number of hydrogen-bond donors (Lipinski definition) is 2. The molecule has 1 aliphatic rings. The molecule has 0 aliphatic carbocycles. The van der Waals surface area contributed by atoms with E-state index in [2.05, 4.69) is 21.5 Å². The van der Waals surface area contributed by atoms with E-state index in [1.165, 1.54) is 29.8 Å². The van der Waals surface area contributed by atoms with Crippen LogP contribution in [0.1, 0.15) is 24.5 Å². The Bertz CT molecular complexity index is 477. The molecule has 2 N–H and O–H groups in total. The minimum Gasteiger partial charge on any atom is -0.361 e. The first kappa shape index (κ1) is 10.6. The van der Waals surface area contributed by atoms with Crippen molar-refractivity contribution < 1.29 is 0 Å². The third kappa shape index (κ3) is 1.89. The monoisotopic (exact) mass is 230 g/mol. The van der Waals surface area contributed by atoms with E-state index in [0.717, 1.165) is 13.1 Å².